The van der Waals surface area contributed by atoms with Crippen LogP contribution in [-0.4, -0.2) is 29.3 Å². The Morgan fingerprint density at radius 3 is 2.50 bits per heavy atom. The number of hydrogen-bond acceptors (Lipinski definition) is 2. The van der Waals surface area contributed by atoms with Crippen LogP contribution in [0.1, 0.15) is 26.7 Å². The van der Waals surface area contributed by atoms with E-state index in [1.165, 1.54) is 0 Å². The lowest BCUT2D eigenvalue weighted by molar-refractivity contribution is 0.618. The smallest absolute Gasteiger partial charge is 0.0246 e. The highest BCUT2D eigenvalue weighted by Crippen LogP contribution is 2.01. The molecule has 0 aliphatic heterocycles. The minimum Gasteiger partial charge on any atom is -0.320 e. The van der Waals surface area contributed by atoms with Crippen molar-refractivity contribution in [2.24, 2.45) is 5.92 Å². The Balaban J connectivity index is 3.22. The second kappa shape index (κ2) is 7.74. The fraction of sp³-hybridized carbons (Fsp3) is 1.00. The maximum absolute atomic E-state index is 11.3. The van der Waals surface area contributed by atoms with Crippen LogP contribution in [0.5, 0.6) is 0 Å². The van der Waals surface area contributed by atoms with Crippen molar-refractivity contribution in [3.05, 3.63) is 0 Å². The molecule has 0 rings (SSSR count). The summed E-state index contributed by atoms with van der Waals surface area (Å²) in [4.78, 5) is 0. The first kappa shape index (κ1) is 12.1. The zero-order valence-electron chi connectivity index (χ0n) is 8.43. The molecular formula is C9H21NOS. The van der Waals surface area contributed by atoms with Gasteiger partial charge in [0, 0.05) is 22.3 Å². The van der Waals surface area contributed by atoms with Gasteiger partial charge in [0.05, 0.1) is 0 Å². The summed E-state index contributed by atoms with van der Waals surface area (Å²) in [5, 5.41) is 3.05. The monoisotopic (exact) mass is 191 g/mol. The molecule has 1 unspecified atom stereocenters. The van der Waals surface area contributed by atoms with Crippen molar-refractivity contribution in [1.82, 2.24) is 5.32 Å². The summed E-state index contributed by atoms with van der Waals surface area (Å²) in [6, 6.07) is 0. The van der Waals surface area contributed by atoms with E-state index in [0.29, 0.717) is 5.92 Å². The summed E-state index contributed by atoms with van der Waals surface area (Å²) in [5.74, 6) is 2.41. The summed E-state index contributed by atoms with van der Waals surface area (Å²) >= 11 is 0. The van der Waals surface area contributed by atoms with Gasteiger partial charge in [0.2, 0.25) is 0 Å². The van der Waals surface area contributed by atoms with Gasteiger partial charge >= 0.3 is 0 Å². The molecule has 0 aromatic carbocycles. The normalized spacial score (nSPS) is 13.7. The Hall–Kier alpha value is 0.110. The van der Waals surface area contributed by atoms with Crippen LogP contribution in [-0.2, 0) is 10.8 Å². The quantitative estimate of drug-likeness (QED) is 0.616. The third-order valence-corrected chi connectivity index (χ3v) is 3.16. The third kappa shape index (κ3) is 8.21. The molecule has 0 aliphatic carbocycles. The van der Waals surface area contributed by atoms with Gasteiger partial charge in [-0.05, 0) is 32.4 Å². The number of nitrogens with one attached hydrogen (secondary N) is 1. The molecule has 0 saturated carbocycles. The molecule has 3 heteroatoms. The van der Waals surface area contributed by atoms with Gasteiger partial charge in [-0.1, -0.05) is 13.8 Å². The summed E-state index contributed by atoms with van der Waals surface area (Å²) in [5.41, 5.74) is 0. The topological polar surface area (TPSA) is 29.1 Å². The SMILES string of the molecule is CNCCCS(=O)CCC(C)C. The van der Waals surface area contributed by atoms with Crippen molar-refractivity contribution in [2.45, 2.75) is 26.7 Å². The molecule has 0 amide bonds. The fourth-order valence-electron chi connectivity index (χ4n) is 0.879. The molecule has 0 radical (unpaired) electrons. The summed E-state index contributed by atoms with van der Waals surface area (Å²) in [6.45, 7) is 5.32. The lowest BCUT2D eigenvalue weighted by Crippen LogP contribution is -2.13. The lowest BCUT2D eigenvalue weighted by Gasteiger charge is -2.04. The van der Waals surface area contributed by atoms with Gasteiger partial charge in [-0.3, -0.25) is 4.21 Å². The molecule has 1 N–H and O–H groups in total. The third-order valence-electron chi connectivity index (χ3n) is 1.72. The van der Waals surface area contributed by atoms with Crippen LogP contribution < -0.4 is 5.32 Å². The van der Waals surface area contributed by atoms with E-state index in [4.69, 9.17) is 0 Å². The van der Waals surface area contributed by atoms with Crippen LogP contribution in [0.25, 0.3) is 0 Å². The van der Waals surface area contributed by atoms with Crippen LogP contribution in [0.15, 0.2) is 0 Å². The second-order valence-corrected chi connectivity index (χ2v) is 5.18. The Kier molecular flexibility index (Phi) is 7.81. The molecule has 1 atom stereocenters. The van der Waals surface area contributed by atoms with Crippen molar-refractivity contribution in [2.75, 3.05) is 25.1 Å². The van der Waals surface area contributed by atoms with Gasteiger partial charge in [0.15, 0.2) is 0 Å². The van der Waals surface area contributed by atoms with Gasteiger partial charge in [0.1, 0.15) is 0 Å². The highest BCUT2D eigenvalue weighted by molar-refractivity contribution is 7.84. The van der Waals surface area contributed by atoms with E-state index in [0.717, 1.165) is 30.9 Å². The molecular weight excluding hydrogens is 170 g/mol. The van der Waals surface area contributed by atoms with Crippen LogP contribution in [0.4, 0.5) is 0 Å². The average Bonchev–Trinajstić information content (AvgIpc) is 2.01. The van der Waals surface area contributed by atoms with Gasteiger partial charge < -0.3 is 5.32 Å². The van der Waals surface area contributed by atoms with E-state index in [-0.39, 0.29) is 0 Å². The lowest BCUT2D eigenvalue weighted by atomic mass is 10.2. The van der Waals surface area contributed by atoms with Crippen LogP contribution in [0.3, 0.4) is 0 Å². The minimum absolute atomic E-state index is 0.582. The fourth-order valence-corrected chi connectivity index (χ4v) is 2.28. The summed E-state index contributed by atoms with van der Waals surface area (Å²) in [7, 11) is 1.35. The molecule has 0 spiro atoms. The first-order valence-electron chi connectivity index (χ1n) is 4.66. The molecule has 0 saturated heterocycles. The van der Waals surface area contributed by atoms with Crippen LogP contribution >= 0.6 is 0 Å². The minimum atomic E-state index is -0.582. The maximum Gasteiger partial charge on any atom is 0.0246 e. The van der Waals surface area contributed by atoms with E-state index in [9.17, 15) is 4.21 Å². The van der Waals surface area contributed by atoms with Crippen LogP contribution in [0, 0.1) is 5.92 Å². The molecule has 0 aromatic rings. The zero-order valence-corrected chi connectivity index (χ0v) is 9.25. The van der Waals surface area contributed by atoms with Crippen molar-refractivity contribution >= 4 is 10.8 Å². The summed E-state index contributed by atoms with van der Waals surface area (Å²) < 4.78 is 11.3. The largest absolute Gasteiger partial charge is 0.320 e. The van der Waals surface area contributed by atoms with E-state index >= 15 is 0 Å². The van der Waals surface area contributed by atoms with Gasteiger partial charge in [-0.15, -0.1) is 0 Å². The van der Waals surface area contributed by atoms with Crippen molar-refractivity contribution in [3.8, 4) is 0 Å². The van der Waals surface area contributed by atoms with Gasteiger partial charge in [-0.2, -0.15) is 0 Å². The standard InChI is InChI=1S/C9H21NOS/c1-9(2)5-8-12(11)7-4-6-10-3/h9-10H,4-8H2,1-3H3. The molecule has 74 valence electrons. The van der Waals surface area contributed by atoms with E-state index in [1.807, 2.05) is 7.05 Å². The van der Waals surface area contributed by atoms with E-state index in [2.05, 4.69) is 19.2 Å². The van der Waals surface area contributed by atoms with Gasteiger partial charge in [0.25, 0.3) is 0 Å². The average molecular weight is 191 g/mol. The maximum atomic E-state index is 11.3. The number of rotatable bonds is 7. The highest BCUT2D eigenvalue weighted by atomic mass is 32.2. The Morgan fingerprint density at radius 2 is 2.00 bits per heavy atom. The predicted molar refractivity (Wildman–Crippen MR) is 55.9 cm³/mol. The van der Waals surface area contributed by atoms with E-state index < -0.39 is 10.8 Å². The molecule has 0 aromatic heterocycles. The van der Waals surface area contributed by atoms with Crippen molar-refractivity contribution in [3.63, 3.8) is 0 Å². The number of hydrogen-bond donors (Lipinski definition) is 1. The predicted octanol–water partition coefficient (Wildman–Crippen LogP) is 1.39. The van der Waals surface area contributed by atoms with Crippen molar-refractivity contribution < 1.29 is 4.21 Å². The van der Waals surface area contributed by atoms with E-state index in [1.54, 1.807) is 0 Å². The second-order valence-electron chi connectivity index (χ2n) is 3.49. The Bertz CT molecular complexity index is 126. The first-order valence-corrected chi connectivity index (χ1v) is 6.15. The zero-order chi connectivity index (χ0) is 9.40. The Labute approximate surface area is 78.6 Å². The van der Waals surface area contributed by atoms with Crippen molar-refractivity contribution in [1.29, 1.82) is 0 Å². The molecule has 2 nitrogen and oxygen atoms in total. The molecule has 12 heavy (non-hydrogen) atoms. The van der Waals surface area contributed by atoms with Gasteiger partial charge in [-0.25, -0.2) is 0 Å². The Morgan fingerprint density at radius 1 is 1.33 bits per heavy atom. The molecule has 0 fully saturated rings. The molecule has 0 bridgehead atoms. The van der Waals surface area contributed by atoms with Crippen LogP contribution in [0.2, 0.25) is 0 Å². The first-order chi connectivity index (χ1) is 5.66. The summed E-state index contributed by atoms with van der Waals surface area (Å²) in [6.07, 6.45) is 2.12. The highest BCUT2D eigenvalue weighted by Gasteiger charge is 2.00. The molecule has 0 heterocycles. The molecule has 0 aliphatic rings.